The molecule has 0 aliphatic carbocycles. The number of anilines is 2. The minimum atomic E-state index is -0.362. The third kappa shape index (κ3) is 4.29. The van der Waals surface area contributed by atoms with Crippen molar-refractivity contribution in [2.75, 3.05) is 30.1 Å². The minimum absolute atomic E-state index is 0.362. The number of nitrogens with one attached hydrogen (secondary N) is 1. The predicted molar refractivity (Wildman–Crippen MR) is 119 cm³/mol. The summed E-state index contributed by atoms with van der Waals surface area (Å²) in [5.74, 6) is 1.49. The molecule has 1 N–H and O–H groups in total. The van der Waals surface area contributed by atoms with Gasteiger partial charge in [-0.15, -0.1) is 10.2 Å². The molecule has 0 radical (unpaired) electrons. The van der Waals surface area contributed by atoms with E-state index in [2.05, 4.69) is 56.6 Å². The van der Waals surface area contributed by atoms with Crippen LogP contribution in [0.1, 0.15) is 31.6 Å². The van der Waals surface area contributed by atoms with Crippen molar-refractivity contribution in [3.05, 3.63) is 54.1 Å². The number of nitrogens with zero attached hydrogens (tertiary/aromatic N) is 4. The summed E-state index contributed by atoms with van der Waals surface area (Å²) in [6.45, 7) is 2.18. The maximum atomic E-state index is 6.32. The number of unbranched alkanes of at least 4 members (excludes halogenated alkanes) is 1. The molecule has 29 heavy (non-hydrogen) atoms. The molecule has 0 bridgehead atoms. The SMILES string of the molecule is CCCCSc1nnc2c(n1)OC(c1ccc(N(C)C)cc1)Nc1ccccc1-2. The summed E-state index contributed by atoms with van der Waals surface area (Å²) in [7, 11) is 4.06. The summed E-state index contributed by atoms with van der Waals surface area (Å²) in [6, 6.07) is 16.4. The van der Waals surface area contributed by atoms with Crippen LogP contribution < -0.4 is 15.0 Å². The Morgan fingerprint density at radius 1 is 1.07 bits per heavy atom. The number of para-hydroxylation sites is 1. The normalized spacial score (nSPS) is 14.8. The van der Waals surface area contributed by atoms with Crippen LogP contribution in [-0.2, 0) is 0 Å². The lowest BCUT2D eigenvalue weighted by molar-refractivity contribution is 0.225. The Hall–Kier alpha value is -2.80. The van der Waals surface area contributed by atoms with E-state index >= 15 is 0 Å². The average molecular weight is 408 g/mol. The van der Waals surface area contributed by atoms with E-state index in [-0.39, 0.29) is 6.23 Å². The van der Waals surface area contributed by atoms with Gasteiger partial charge in [0.15, 0.2) is 11.9 Å². The van der Waals surface area contributed by atoms with Crippen LogP contribution in [0, 0.1) is 0 Å². The van der Waals surface area contributed by atoms with Crippen LogP contribution in [0.2, 0.25) is 0 Å². The number of fused-ring (bicyclic) bond motifs is 3. The molecule has 150 valence electrons. The number of ether oxygens (including phenoxy) is 1. The van der Waals surface area contributed by atoms with E-state index in [9.17, 15) is 0 Å². The fourth-order valence-corrected chi connectivity index (χ4v) is 3.98. The standard InChI is InChI=1S/C22H25N5OS/c1-4-5-14-29-22-24-21-19(25-26-22)17-8-6-7-9-18(17)23-20(28-21)15-10-12-16(13-11-15)27(2)3/h6-13,20,23H,4-5,14H2,1-3H3. The zero-order chi connectivity index (χ0) is 20.2. The summed E-state index contributed by atoms with van der Waals surface area (Å²) >= 11 is 1.62. The summed E-state index contributed by atoms with van der Waals surface area (Å²) in [6.07, 6.45) is 1.90. The Labute approximate surface area is 175 Å². The summed E-state index contributed by atoms with van der Waals surface area (Å²) in [5, 5.41) is 12.9. The van der Waals surface area contributed by atoms with E-state index in [1.807, 2.05) is 38.4 Å². The maximum Gasteiger partial charge on any atom is 0.247 e. The molecule has 4 rings (SSSR count). The van der Waals surface area contributed by atoms with E-state index in [4.69, 9.17) is 4.74 Å². The molecule has 7 heteroatoms. The molecule has 2 heterocycles. The van der Waals surface area contributed by atoms with Crippen LogP contribution in [0.4, 0.5) is 11.4 Å². The molecular weight excluding hydrogens is 382 g/mol. The lowest BCUT2D eigenvalue weighted by atomic mass is 10.1. The van der Waals surface area contributed by atoms with Gasteiger partial charge in [-0.2, -0.15) is 4.98 Å². The Balaban J connectivity index is 1.70. The molecule has 2 aromatic carbocycles. The Kier molecular flexibility index (Phi) is 5.85. The first-order valence-electron chi connectivity index (χ1n) is 9.83. The van der Waals surface area contributed by atoms with E-state index < -0.39 is 0 Å². The molecule has 1 unspecified atom stereocenters. The van der Waals surface area contributed by atoms with E-state index in [0.717, 1.165) is 41.1 Å². The van der Waals surface area contributed by atoms with E-state index in [1.165, 1.54) is 0 Å². The number of benzene rings is 2. The monoisotopic (exact) mass is 407 g/mol. The zero-order valence-corrected chi connectivity index (χ0v) is 17.7. The molecule has 1 aliphatic rings. The van der Waals surface area contributed by atoms with Crippen LogP contribution in [0.5, 0.6) is 5.88 Å². The van der Waals surface area contributed by atoms with Gasteiger partial charge >= 0.3 is 0 Å². The molecular formula is C22H25N5OS. The summed E-state index contributed by atoms with van der Waals surface area (Å²) < 4.78 is 6.32. The van der Waals surface area contributed by atoms with Gasteiger partial charge in [-0.05, 0) is 24.6 Å². The van der Waals surface area contributed by atoms with Crippen LogP contribution >= 0.6 is 11.8 Å². The first-order valence-corrected chi connectivity index (χ1v) is 10.8. The maximum absolute atomic E-state index is 6.32. The Morgan fingerprint density at radius 2 is 1.86 bits per heavy atom. The van der Waals surface area contributed by atoms with Crippen molar-refractivity contribution in [1.29, 1.82) is 0 Å². The van der Waals surface area contributed by atoms with Crippen LogP contribution in [0.3, 0.4) is 0 Å². The van der Waals surface area contributed by atoms with Crippen LogP contribution in [0.25, 0.3) is 11.3 Å². The topological polar surface area (TPSA) is 63.2 Å². The van der Waals surface area contributed by atoms with Gasteiger partial charge < -0.3 is 15.0 Å². The first kappa shape index (κ1) is 19.5. The third-order valence-corrected chi connectivity index (χ3v) is 5.70. The fourth-order valence-electron chi connectivity index (χ4n) is 3.11. The van der Waals surface area contributed by atoms with Gasteiger partial charge in [0.2, 0.25) is 11.0 Å². The van der Waals surface area contributed by atoms with Crippen molar-refractivity contribution in [2.45, 2.75) is 31.1 Å². The minimum Gasteiger partial charge on any atom is -0.448 e. The van der Waals surface area contributed by atoms with Crippen LogP contribution in [-0.4, -0.2) is 35.0 Å². The number of hydrogen-bond donors (Lipinski definition) is 1. The van der Waals surface area contributed by atoms with Gasteiger partial charge in [0.1, 0.15) is 0 Å². The van der Waals surface area contributed by atoms with Gasteiger partial charge in [-0.25, -0.2) is 0 Å². The van der Waals surface area contributed by atoms with E-state index in [0.29, 0.717) is 16.7 Å². The van der Waals surface area contributed by atoms with Gasteiger partial charge in [-0.3, -0.25) is 0 Å². The second-order valence-electron chi connectivity index (χ2n) is 7.12. The molecule has 0 saturated carbocycles. The second-order valence-corrected chi connectivity index (χ2v) is 8.19. The lowest BCUT2D eigenvalue weighted by Gasteiger charge is -2.20. The Bertz CT molecular complexity index is 977. The molecule has 1 aliphatic heterocycles. The fraction of sp³-hybridized carbons (Fsp3) is 0.318. The molecule has 1 atom stereocenters. The highest BCUT2D eigenvalue weighted by atomic mass is 32.2. The Morgan fingerprint density at radius 3 is 2.62 bits per heavy atom. The van der Waals surface area contributed by atoms with Crippen molar-refractivity contribution >= 4 is 23.1 Å². The van der Waals surface area contributed by atoms with Crippen molar-refractivity contribution in [3.63, 3.8) is 0 Å². The number of hydrogen-bond acceptors (Lipinski definition) is 7. The van der Waals surface area contributed by atoms with Crippen molar-refractivity contribution < 1.29 is 4.74 Å². The zero-order valence-electron chi connectivity index (χ0n) is 16.9. The van der Waals surface area contributed by atoms with Gasteiger partial charge in [0.25, 0.3) is 0 Å². The highest BCUT2D eigenvalue weighted by Crippen LogP contribution is 2.39. The van der Waals surface area contributed by atoms with E-state index in [1.54, 1.807) is 11.8 Å². The number of aromatic nitrogens is 3. The van der Waals surface area contributed by atoms with Gasteiger partial charge in [0.05, 0.1) is 0 Å². The largest absolute Gasteiger partial charge is 0.448 e. The smallest absolute Gasteiger partial charge is 0.247 e. The average Bonchev–Trinajstić information content (AvgIpc) is 2.90. The van der Waals surface area contributed by atoms with Crippen LogP contribution in [0.15, 0.2) is 53.7 Å². The summed E-state index contributed by atoms with van der Waals surface area (Å²) in [4.78, 5) is 6.76. The highest BCUT2D eigenvalue weighted by Gasteiger charge is 2.26. The van der Waals surface area contributed by atoms with Gasteiger partial charge in [-0.1, -0.05) is 55.4 Å². The van der Waals surface area contributed by atoms with Crippen molar-refractivity contribution in [3.8, 4) is 17.1 Å². The molecule has 0 fully saturated rings. The molecule has 6 nitrogen and oxygen atoms in total. The molecule has 0 saturated heterocycles. The number of rotatable bonds is 6. The second kappa shape index (κ2) is 8.69. The number of thioether (sulfide) groups is 1. The quantitative estimate of drug-likeness (QED) is 0.456. The predicted octanol–water partition coefficient (Wildman–Crippen LogP) is 5.00. The van der Waals surface area contributed by atoms with Crippen molar-refractivity contribution in [1.82, 2.24) is 15.2 Å². The molecule has 3 aromatic rings. The highest BCUT2D eigenvalue weighted by molar-refractivity contribution is 7.99. The van der Waals surface area contributed by atoms with Gasteiger partial charge in [0, 0.05) is 42.3 Å². The molecule has 0 amide bonds. The first-order chi connectivity index (χ1) is 14.2. The summed E-state index contributed by atoms with van der Waals surface area (Å²) in [5.41, 5.74) is 4.73. The molecule has 0 spiro atoms. The van der Waals surface area contributed by atoms with Crippen molar-refractivity contribution in [2.24, 2.45) is 0 Å². The molecule has 1 aromatic heterocycles. The lowest BCUT2D eigenvalue weighted by Crippen LogP contribution is -2.17. The third-order valence-electron chi connectivity index (χ3n) is 4.77.